The second kappa shape index (κ2) is 5.72. The molecule has 0 saturated carbocycles. The Bertz CT molecular complexity index is 390. The number of aliphatic hydroxyl groups excluding tert-OH is 1. The lowest BCUT2D eigenvalue weighted by molar-refractivity contribution is 0.167. The van der Waals surface area contributed by atoms with Gasteiger partial charge in [-0.15, -0.1) is 6.42 Å². The molecule has 0 aromatic heterocycles. The predicted octanol–water partition coefficient (Wildman–Crippen LogP) is 1.73. The summed E-state index contributed by atoms with van der Waals surface area (Å²) in [6.45, 7) is 4.21. The number of benzene rings is 1. The van der Waals surface area contributed by atoms with Gasteiger partial charge in [0.25, 0.3) is 0 Å². The van der Waals surface area contributed by atoms with Gasteiger partial charge in [-0.05, 0) is 31.5 Å². The molecule has 92 valence electrons. The van der Waals surface area contributed by atoms with Crippen molar-refractivity contribution in [1.82, 2.24) is 5.32 Å². The molecule has 0 spiro atoms. The summed E-state index contributed by atoms with van der Waals surface area (Å²) in [6, 6.07) is 7.33. The predicted molar refractivity (Wildman–Crippen MR) is 68.9 cm³/mol. The van der Waals surface area contributed by atoms with Crippen LogP contribution in [0.4, 0.5) is 0 Å². The van der Waals surface area contributed by atoms with Crippen LogP contribution in [0.25, 0.3) is 0 Å². The van der Waals surface area contributed by atoms with Crippen molar-refractivity contribution in [2.45, 2.75) is 25.5 Å². The summed E-state index contributed by atoms with van der Waals surface area (Å²) >= 11 is 0. The SMILES string of the molecule is C#CC(C)(C)NCC(O)c1ccc(OC)cc1. The first kappa shape index (κ1) is 13.6. The van der Waals surface area contributed by atoms with Crippen molar-refractivity contribution >= 4 is 0 Å². The van der Waals surface area contributed by atoms with Gasteiger partial charge < -0.3 is 9.84 Å². The molecule has 0 aliphatic heterocycles. The summed E-state index contributed by atoms with van der Waals surface area (Å²) in [5.41, 5.74) is 0.430. The Hall–Kier alpha value is -1.50. The van der Waals surface area contributed by atoms with Gasteiger partial charge in [0.1, 0.15) is 5.75 Å². The van der Waals surface area contributed by atoms with Crippen LogP contribution in [-0.4, -0.2) is 24.3 Å². The molecule has 0 fully saturated rings. The minimum Gasteiger partial charge on any atom is -0.497 e. The number of nitrogens with one attached hydrogen (secondary N) is 1. The van der Waals surface area contributed by atoms with E-state index in [2.05, 4.69) is 11.2 Å². The molecule has 0 saturated heterocycles. The largest absolute Gasteiger partial charge is 0.497 e. The minimum absolute atomic E-state index is 0.409. The summed E-state index contributed by atoms with van der Waals surface area (Å²) in [5.74, 6) is 3.40. The maximum absolute atomic E-state index is 9.97. The van der Waals surface area contributed by atoms with E-state index in [0.717, 1.165) is 11.3 Å². The van der Waals surface area contributed by atoms with E-state index in [9.17, 15) is 5.11 Å². The molecular formula is C14H19NO2. The van der Waals surface area contributed by atoms with Gasteiger partial charge in [-0.3, -0.25) is 5.32 Å². The average molecular weight is 233 g/mol. The molecule has 0 amide bonds. The smallest absolute Gasteiger partial charge is 0.118 e. The molecule has 2 N–H and O–H groups in total. The normalized spacial score (nSPS) is 12.9. The summed E-state index contributed by atoms with van der Waals surface area (Å²) in [7, 11) is 1.61. The number of hydrogen-bond acceptors (Lipinski definition) is 3. The maximum Gasteiger partial charge on any atom is 0.118 e. The quantitative estimate of drug-likeness (QED) is 0.761. The number of hydrogen-bond donors (Lipinski definition) is 2. The Balaban J connectivity index is 2.58. The highest BCUT2D eigenvalue weighted by atomic mass is 16.5. The van der Waals surface area contributed by atoms with Gasteiger partial charge in [0.15, 0.2) is 0 Å². The zero-order chi connectivity index (χ0) is 12.9. The van der Waals surface area contributed by atoms with Crippen molar-refractivity contribution in [3.63, 3.8) is 0 Å². The molecule has 0 aliphatic carbocycles. The second-order valence-electron chi connectivity index (χ2n) is 4.44. The van der Waals surface area contributed by atoms with Crippen LogP contribution in [0.15, 0.2) is 24.3 Å². The molecule has 0 heterocycles. The summed E-state index contributed by atoms with van der Waals surface area (Å²) in [5, 5.41) is 13.1. The number of rotatable bonds is 5. The standard InChI is InChI=1S/C14H19NO2/c1-5-14(2,3)15-10-13(16)11-6-8-12(17-4)9-7-11/h1,6-9,13,15-16H,10H2,2-4H3. The molecule has 17 heavy (non-hydrogen) atoms. The van der Waals surface area contributed by atoms with E-state index in [1.807, 2.05) is 38.1 Å². The second-order valence-corrected chi connectivity index (χ2v) is 4.44. The number of methoxy groups -OCH3 is 1. The van der Waals surface area contributed by atoms with Crippen molar-refractivity contribution in [2.75, 3.05) is 13.7 Å². The Morgan fingerprint density at radius 3 is 2.47 bits per heavy atom. The number of β-amino-alcohol motifs (C(OH)–C–C–N with tert-alkyl or cyclic N) is 1. The van der Waals surface area contributed by atoms with Crippen LogP contribution in [0.3, 0.4) is 0 Å². The van der Waals surface area contributed by atoms with Crippen molar-refractivity contribution < 1.29 is 9.84 Å². The third kappa shape index (κ3) is 4.10. The lowest BCUT2D eigenvalue weighted by atomic mass is 10.0. The Morgan fingerprint density at radius 1 is 1.41 bits per heavy atom. The number of terminal acetylenes is 1. The lowest BCUT2D eigenvalue weighted by Crippen LogP contribution is -2.40. The summed E-state index contributed by atoms with van der Waals surface area (Å²) in [4.78, 5) is 0. The number of aliphatic hydroxyl groups is 1. The summed E-state index contributed by atoms with van der Waals surface area (Å²) < 4.78 is 5.06. The van der Waals surface area contributed by atoms with E-state index >= 15 is 0 Å². The fourth-order valence-electron chi connectivity index (χ4n) is 1.35. The highest BCUT2D eigenvalue weighted by molar-refractivity contribution is 5.28. The van der Waals surface area contributed by atoms with Crippen molar-refractivity contribution in [2.24, 2.45) is 0 Å². The molecule has 0 radical (unpaired) electrons. The van der Waals surface area contributed by atoms with Crippen LogP contribution in [0, 0.1) is 12.3 Å². The zero-order valence-corrected chi connectivity index (χ0v) is 10.5. The van der Waals surface area contributed by atoms with Crippen LogP contribution in [0.5, 0.6) is 5.75 Å². The van der Waals surface area contributed by atoms with Crippen molar-refractivity contribution in [1.29, 1.82) is 0 Å². The first-order chi connectivity index (χ1) is 7.98. The van der Waals surface area contributed by atoms with Crippen LogP contribution in [-0.2, 0) is 0 Å². The van der Waals surface area contributed by atoms with Gasteiger partial charge >= 0.3 is 0 Å². The molecule has 1 aromatic rings. The van der Waals surface area contributed by atoms with Gasteiger partial charge in [-0.2, -0.15) is 0 Å². The molecule has 1 aromatic carbocycles. The van der Waals surface area contributed by atoms with E-state index < -0.39 is 11.6 Å². The molecule has 1 atom stereocenters. The molecular weight excluding hydrogens is 214 g/mol. The number of ether oxygens (including phenoxy) is 1. The molecule has 1 rings (SSSR count). The maximum atomic E-state index is 9.97. The molecule has 0 aliphatic rings. The van der Waals surface area contributed by atoms with E-state index in [1.165, 1.54) is 0 Å². The van der Waals surface area contributed by atoms with Crippen LogP contribution >= 0.6 is 0 Å². The van der Waals surface area contributed by atoms with E-state index in [-0.39, 0.29) is 0 Å². The van der Waals surface area contributed by atoms with Gasteiger partial charge in [0.2, 0.25) is 0 Å². The first-order valence-corrected chi connectivity index (χ1v) is 5.53. The molecule has 3 heteroatoms. The topological polar surface area (TPSA) is 41.5 Å². The van der Waals surface area contributed by atoms with E-state index in [0.29, 0.717) is 6.54 Å². The van der Waals surface area contributed by atoms with E-state index in [1.54, 1.807) is 7.11 Å². The molecule has 0 bridgehead atoms. The minimum atomic E-state index is -0.575. The van der Waals surface area contributed by atoms with Crippen molar-refractivity contribution in [3.8, 4) is 18.1 Å². The fourth-order valence-corrected chi connectivity index (χ4v) is 1.35. The average Bonchev–Trinajstić information content (AvgIpc) is 2.36. The van der Waals surface area contributed by atoms with Gasteiger partial charge in [0.05, 0.1) is 18.8 Å². The Morgan fingerprint density at radius 2 is 2.00 bits per heavy atom. The lowest BCUT2D eigenvalue weighted by Gasteiger charge is -2.22. The monoisotopic (exact) mass is 233 g/mol. The Labute approximate surface area is 103 Å². The Kier molecular flexibility index (Phi) is 4.56. The third-order valence-electron chi connectivity index (χ3n) is 2.60. The van der Waals surface area contributed by atoms with Crippen LogP contribution in [0.2, 0.25) is 0 Å². The molecule has 3 nitrogen and oxygen atoms in total. The fraction of sp³-hybridized carbons (Fsp3) is 0.429. The molecule has 1 unspecified atom stereocenters. The van der Waals surface area contributed by atoms with E-state index in [4.69, 9.17) is 11.2 Å². The van der Waals surface area contributed by atoms with Gasteiger partial charge in [-0.25, -0.2) is 0 Å². The van der Waals surface area contributed by atoms with Crippen LogP contribution < -0.4 is 10.1 Å². The van der Waals surface area contributed by atoms with Gasteiger partial charge in [0, 0.05) is 6.54 Å². The first-order valence-electron chi connectivity index (χ1n) is 5.53. The third-order valence-corrected chi connectivity index (χ3v) is 2.60. The highest BCUT2D eigenvalue weighted by Crippen LogP contribution is 2.17. The van der Waals surface area contributed by atoms with Crippen molar-refractivity contribution in [3.05, 3.63) is 29.8 Å². The highest BCUT2D eigenvalue weighted by Gasteiger charge is 2.15. The van der Waals surface area contributed by atoms with Crippen LogP contribution in [0.1, 0.15) is 25.5 Å². The zero-order valence-electron chi connectivity index (χ0n) is 10.5. The summed E-state index contributed by atoms with van der Waals surface area (Å²) in [6.07, 6.45) is 4.78. The van der Waals surface area contributed by atoms with Gasteiger partial charge in [-0.1, -0.05) is 18.1 Å².